The Morgan fingerprint density at radius 3 is 2.35 bits per heavy atom. The van der Waals surface area contributed by atoms with Crippen molar-refractivity contribution in [2.75, 3.05) is 11.0 Å². The zero-order valence-corrected chi connectivity index (χ0v) is 11.2. The summed E-state index contributed by atoms with van der Waals surface area (Å²) in [6.07, 6.45) is 1.07. The van der Waals surface area contributed by atoms with Crippen LogP contribution in [0.25, 0.3) is 0 Å². The van der Waals surface area contributed by atoms with Crippen molar-refractivity contribution in [1.29, 1.82) is 5.26 Å². The molecule has 0 heterocycles. The topological polar surface area (TPSA) is 70.0 Å². The number of aryl methyl sites for hydroxylation is 1. The Bertz CT molecular complexity index is 569. The van der Waals surface area contributed by atoms with Crippen molar-refractivity contribution in [1.82, 2.24) is 0 Å². The molecule has 0 atom stereocenters. The van der Waals surface area contributed by atoms with E-state index in [0.717, 1.165) is 17.4 Å². The van der Waals surface area contributed by atoms with E-state index in [4.69, 9.17) is 5.26 Å². The second-order valence-corrected chi connectivity index (χ2v) is 6.14. The van der Waals surface area contributed by atoms with E-state index in [-0.39, 0.29) is 0 Å². The van der Waals surface area contributed by atoms with Crippen molar-refractivity contribution in [3.63, 3.8) is 0 Å². The summed E-state index contributed by atoms with van der Waals surface area (Å²) in [6, 6.07) is 5.46. The van der Waals surface area contributed by atoms with Gasteiger partial charge < -0.3 is 0 Å². The highest BCUT2D eigenvalue weighted by Crippen LogP contribution is 2.26. The highest BCUT2D eigenvalue weighted by Gasteiger charge is 2.12. The molecular weight excluding hydrogens is 236 g/mol. The molecule has 0 spiro atoms. The van der Waals surface area contributed by atoms with Crippen molar-refractivity contribution in [3.05, 3.63) is 28.8 Å². The van der Waals surface area contributed by atoms with Gasteiger partial charge in [-0.1, -0.05) is 13.8 Å². The maximum Gasteiger partial charge on any atom is 0.229 e. The van der Waals surface area contributed by atoms with E-state index < -0.39 is 10.0 Å². The summed E-state index contributed by atoms with van der Waals surface area (Å²) in [5.41, 5.74) is 2.73. The molecule has 0 saturated carbocycles. The number of sulfonamides is 1. The van der Waals surface area contributed by atoms with Gasteiger partial charge in [0.2, 0.25) is 10.0 Å². The molecule has 0 aromatic heterocycles. The lowest BCUT2D eigenvalue weighted by atomic mass is 9.95. The summed E-state index contributed by atoms with van der Waals surface area (Å²) in [6.45, 7) is 5.98. The van der Waals surface area contributed by atoms with Crippen LogP contribution in [0.15, 0.2) is 12.1 Å². The SMILES string of the molecule is Cc1cc(NS(C)(=O)=O)c(C#N)cc1C(C)C. The predicted molar refractivity (Wildman–Crippen MR) is 68.4 cm³/mol. The van der Waals surface area contributed by atoms with Crippen molar-refractivity contribution >= 4 is 15.7 Å². The fraction of sp³-hybridized carbons (Fsp3) is 0.417. The summed E-state index contributed by atoms with van der Waals surface area (Å²) < 4.78 is 24.7. The molecule has 0 unspecified atom stereocenters. The molecule has 0 radical (unpaired) electrons. The lowest BCUT2D eigenvalue weighted by molar-refractivity contribution is 0.607. The maximum atomic E-state index is 11.2. The number of benzene rings is 1. The summed E-state index contributed by atoms with van der Waals surface area (Å²) in [4.78, 5) is 0. The first-order chi connectivity index (χ1) is 7.74. The number of rotatable bonds is 3. The van der Waals surface area contributed by atoms with Crippen LogP contribution in [-0.4, -0.2) is 14.7 Å². The molecule has 5 heteroatoms. The van der Waals surface area contributed by atoms with Gasteiger partial charge in [0.05, 0.1) is 17.5 Å². The van der Waals surface area contributed by atoms with Crippen molar-refractivity contribution in [2.24, 2.45) is 0 Å². The Kier molecular flexibility index (Phi) is 3.79. The number of hydrogen-bond acceptors (Lipinski definition) is 3. The van der Waals surface area contributed by atoms with Crippen LogP contribution in [0, 0.1) is 18.3 Å². The number of nitriles is 1. The van der Waals surface area contributed by atoms with Gasteiger partial charge in [0, 0.05) is 0 Å². The Hall–Kier alpha value is -1.54. The minimum atomic E-state index is -3.36. The van der Waals surface area contributed by atoms with Crippen LogP contribution in [0.3, 0.4) is 0 Å². The molecule has 0 aliphatic heterocycles. The molecule has 1 aromatic carbocycles. The van der Waals surface area contributed by atoms with Gasteiger partial charge in [-0.15, -0.1) is 0 Å². The van der Waals surface area contributed by atoms with E-state index >= 15 is 0 Å². The Labute approximate surface area is 102 Å². The lowest BCUT2D eigenvalue weighted by Gasteiger charge is -2.13. The maximum absolute atomic E-state index is 11.2. The molecule has 0 fully saturated rings. The van der Waals surface area contributed by atoms with Crippen LogP contribution in [0.5, 0.6) is 0 Å². The van der Waals surface area contributed by atoms with E-state index in [1.807, 2.05) is 26.8 Å². The van der Waals surface area contributed by atoms with Gasteiger partial charge in [0.15, 0.2) is 0 Å². The molecule has 1 rings (SSSR count). The van der Waals surface area contributed by atoms with Gasteiger partial charge in [0.1, 0.15) is 6.07 Å². The van der Waals surface area contributed by atoms with Crippen LogP contribution in [0.2, 0.25) is 0 Å². The molecule has 4 nitrogen and oxygen atoms in total. The molecule has 0 amide bonds. The third-order valence-electron chi connectivity index (χ3n) is 2.44. The molecular formula is C12H16N2O2S. The Balaban J connectivity index is 3.35. The molecule has 17 heavy (non-hydrogen) atoms. The van der Waals surface area contributed by atoms with E-state index in [9.17, 15) is 8.42 Å². The number of hydrogen-bond donors (Lipinski definition) is 1. The predicted octanol–water partition coefficient (Wildman–Crippen LogP) is 2.36. The van der Waals surface area contributed by atoms with Gasteiger partial charge in [-0.3, -0.25) is 4.72 Å². The lowest BCUT2D eigenvalue weighted by Crippen LogP contribution is -2.11. The summed E-state index contributed by atoms with van der Waals surface area (Å²) >= 11 is 0. The second kappa shape index (κ2) is 4.76. The fourth-order valence-corrected chi connectivity index (χ4v) is 2.29. The largest absolute Gasteiger partial charge is 0.282 e. The zero-order chi connectivity index (χ0) is 13.2. The molecule has 0 aliphatic rings. The van der Waals surface area contributed by atoms with Crippen LogP contribution in [-0.2, 0) is 10.0 Å². The average molecular weight is 252 g/mol. The smallest absolute Gasteiger partial charge is 0.229 e. The normalized spacial score (nSPS) is 11.3. The molecule has 0 aliphatic carbocycles. The van der Waals surface area contributed by atoms with E-state index in [1.54, 1.807) is 12.1 Å². The number of anilines is 1. The average Bonchev–Trinajstić information content (AvgIpc) is 2.14. The van der Waals surface area contributed by atoms with Crippen LogP contribution in [0.4, 0.5) is 5.69 Å². The van der Waals surface area contributed by atoms with Gasteiger partial charge in [-0.2, -0.15) is 5.26 Å². The molecule has 0 saturated heterocycles. The van der Waals surface area contributed by atoms with Gasteiger partial charge in [0.25, 0.3) is 0 Å². The minimum absolute atomic E-state index is 0.300. The van der Waals surface area contributed by atoms with Gasteiger partial charge in [-0.05, 0) is 36.1 Å². The first-order valence-corrected chi connectivity index (χ1v) is 7.16. The fourth-order valence-electron chi connectivity index (χ4n) is 1.72. The molecule has 1 N–H and O–H groups in total. The van der Waals surface area contributed by atoms with E-state index in [0.29, 0.717) is 17.2 Å². The van der Waals surface area contributed by atoms with Crippen molar-refractivity contribution < 1.29 is 8.42 Å². The molecule has 92 valence electrons. The third-order valence-corrected chi connectivity index (χ3v) is 3.03. The monoisotopic (exact) mass is 252 g/mol. The molecule has 0 bridgehead atoms. The Morgan fingerprint density at radius 2 is 1.94 bits per heavy atom. The zero-order valence-electron chi connectivity index (χ0n) is 10.4. The third kappa shape index (κ3) is 3.46. The minimum Gasteiger partial charge on any atom is -0.282 e. The summed E-state index contributed by atoms with van der Waals surface area (Å²) in [7, 11) is -3.36. The van der Waals surface area contributed by atoms with Crippen LogP contribution in [0.1, 0.15) is 36.5 Å². The highest BCUT2D eigenvalue weighted by molar-refractivity contribution is 7.92. The second-order valence-electron chi connectivity index (χ2n) is 4.40. The van der Waals surface area contributed by atoms with Crippen molar-refractivity contribution in [3.8, 4) is 6.07 Å². The van der Waals surface area contributed by atoms with Crippen LogP contribution >= 0.6 is 0 Å². The van der Waals surface area contributed by atoms with Crippen LogP contribution < -0.4 is 4.72 Å². The van der Waals surface area contributed by atoms with Crippen molar-refractivity contribution in [2.45, 2.75) is 26.7 Å². The van der Waals surface area contributed by atoms with E-state index in [1.165, 1.54) is 0 Å². The Morgan fingerprint density at radius 1 is 1.35 bits per heavy atom. The number of nitrogens with one attached hydrogen (secondary N) is 1. The molecule has 1 aromatic rings. The summed E-state index contributed by atoms with van der Waals surface area (Å²) in [5, 5.41) is 9.03. The standard InChI is InChI=1S/C12H16N2O2S/c1-8(2)11-6-10(7-13)12(5-9(11)3)14-17(4,15)16/h5-6,8,14H,1-4H3. The van der Waals surface area contributed by atoms with Gasteiger partial charge in [-0.25, -0.2) is 8.42 Å². The van der Waals surface area contributed by atoms with Gasteiger partial charge >= 0.3 is 0 Å². The summed E-state index contributed by atoms with van der Waals surface area (Å²) in [5.74, 6) is 0.300. The highest BCUT2D eigenvalue weighted by atomic mass is 32.2. The first-order valence-electron chi connectivity index (χ1n) is 5.27. The number of nitrogens with zero attached hydrogens (tertiary/aromatic N) is 1. The van der Waals surface area contributed by atoms with E-state index in [2.05, 4.69) is 4.72 Å². The quantitative estimate of drug-likeness (QED) is 0.897. The first kappa shape index (κ1) is 13.5.